The smallest absolute Gasteiger partial charge is 0.167 e. The van der Waals surface area contributed by atoms with Crippen LogP contribution in [0.5, 0.6) is 0 Å². The Labute approximate surface area is 181 Å². The second-order valence-electron chi connectivity index (χ2n) is 6.49. The average molecular weight is 443 g/mol. The Morgan fingerprint density at radius 2 is 1.90 bits per heavy atom. The summed E-state index contributed by atoms with van der Waals surface area (Å²) in [4.78, 5) is 17.1. The lowest BCUT2D eigenvalue weighted by molar-refractivity contribution is 0.210. The highest BCUT2D eigenvalue weighted by Gasteiger charge is 2.16. The van der Waals surface area contributed by atoms with Crippen molar-refractivity contribution in [1.82, 2.24) is 19.9 Å². The topological polar surface area (TPSA) is 84.9 Å². The van der Waals surface area contributed by atoms with E-state index in [4.69, 9.17) is 16.3 Å². The van der Waals surface area contributed by atoms with Gasteiger partial charge in [0, 0.05) is 24.9 Å². The summed E-state index contributed by atoms with van der Waals surface area (Å²) in [6, 6.07) is 9.05. The van der Waals surface area contributed by atoms with Gasteiger partial charge in [-0.1, -0.05) is 11.6 Å². The van der Waals surface area contributed by atoms with E-state index in [1.807, 2.05) is 0 Å². The molecule has 4 aromatic rings. The monoisotopic (exact) mass is 442 g/mol. The van der Waals surface area contributed by atoms with E-state index >= 15 is 0 Å². The summed E-state index contributed by atoms with van der Waals surface area (Å²) in [7, 11) is 1.60. The molecule has 0 unspecified atom stereocenters. The number of fused-ring (bicyclic) bond motifs is 1. The third-order valence-electron chi connectivity index (χ3n) is 4.37. The number of ether oxygens (including phenoxy) is 1. The second-order valence-corrected chi connectivity index (χ2v) is 6.92. The largest absolute Gasteiger partial charge is 0.383 e. The SMILES string of the molecule is COCCNc1ccc2c(Nc3ccncc3F)nc(-c3cc(Cl)ccc3F)nc2n1. The Morgan fingerprint density at radius 1 is 1.03 bits per heavy atom. The number of halogens is 3. The summed E-state index contributed by atoms with van der Waals surface area (Å²) in [5.41, 5.74) is 0.561. The van der Waals surface area contributed by atoms with Gasteiger partial charge < -0.3 is 15.4 Å². The number of hydrogen-bond donors (Lipinski definition) is 2. The second kappa shape index (κ2) is 9.15. The lowest BCUT2D eigenvalue weighted by atomic mass is 10.2. The van der Waals surface area contributed by atoms with Gasteiger partial charge in [-0.15, -0.1) is 0 Å². The first kappa shape index (κ1) is 20.8. The summed E-state index contributed by atoms with van der Waals surface area (Å²) in [5.74, 6) is -0.219. The van der Waals surface area contributed by atoms with Gasteiger partial charge in [0.25, 0.3) is 0 Å². The maximum atomic E-state index is 14.5. The fraction of sp³-hybridized carbons (Fsp3) is 0.143. The predicted molar refractivity (Wildman–Crippen MR) is 116 cm³/mol. The highest BCUT2D eigenvalue weighted by molar-refractivity contribution is 6.30. The molecule has 1 aromatic carbocycles. The minimum absolute atomic E-state index is 0.0611. The molecule has 0 aliphatic heterocycles. The zero-order valence-electron chi connectivity index (χ0n) is 16.4. The number of aromatic nitrogens is 4. The number of nitrogens with one attached hydrogen (secondary N) is 2. The molecule has 158 valence electrons. The molecule has 0 aliphatic rings. The lowest BCUT2D eigenvalue weighted by Gasteiger charge is -2.13. The van der Waals surface area contributed by atoms with Crippen LogP contribution in [0.1, 0.15) is 0 Å². The van der Waals surface area contributed by atoms with Crippen LogP contribution in [0.25, 0.3) is 22.4 Å². The van der Waals surface area contributed by atoms with E-state index in [9.17, 15) is 8.78 Å². The van der Waals surface area contributed by atoms with Gasteiger partial charge >= 0.3 is 0 Å². The van der Waals surface area contributed by atoms with Crippen molar-refractivity contribution in [2.45, 2.75) is 0 Å². The Balaban J connectivity index is 1.85. The van der Waals surface area contributed by atoms with Crippen molar-refractivity contribution in [3.8, 4) is 11.4 Å². The number of anilines is 3. The van der Waals surface area contributed by atoms with Crippen LogP contribution in [0.3, 0.4) is 0 Å². The highest BCUT2D eigenvalue weighted by Crippen LogP contribution is 2.30. The molecule has 3 heterocycles. The van der Waals surface area contributed by atoms with Gasteiger partial charge in [-0.3, -0.25) is 4.98 Å². The molecule has 0 aliphatic carbocycles. The molecular formula is C21H17ClF2N6O. The molecule has 0 saturated heterocycles. The van der Waals surface area contributed by atoms with Crippen LogP contribution in [-0.4, -0.2) is 40.2 Å². The first-order valence-electron chi connectivity index (χ1n) is 9.28. The summed E-state index contributed by atoms with van der Waals surface area (Å²) >= 11 is 6.04. The van der Waals surface area contributed by atoms with Gasteiger partial charge in [-0.25, -0.2) is 23.7 Å². The van der Waals surface area contributed by atoms with Crippen molar-refractivity contribution in [2.24, 2.45) is 0 Å². The van der Waals surface area contributed by atoms with Crippen molar-refractivity contribution in [3.05, 3.63) is 65.4 Å². The molecule has 3 aromatic heterocycles. The van der Waals surface area contributed by atoms with Gasteiger partial charge in [0.15, 0.2) is 17.3 Å². The van der Waals surface area contributed by atoms with Crippen LogP contribution in [0.2, 0.25) is 5.02 Å². The third-order valence-corrected chi connectivity index (χ3v) is 4.60. The molecule has 4 rings (SSSR count). The fourth-order valence-electron chi connectivity index (χ4n) is 2.88. The Kier molecular flexibility index (Phi) is 6.15. The van der Waals surface area contributed by atoms with Gasteiger partial charge in [0.1, 0.15) is 17.5 Å². The fourth-order valence-corrected chi connectivity index (χ4v) is 3.05. The van der Waals surface area contributed by atoms with Crippen LogP contribution >= 0.6 is 11.6 Å². The predicted octanol–water partition coefficient (Wildman–Crippen LogP) is 4.82. The van der Waals surface area contributed by atoms with E-state index in [2.05, 4.69) is 30.6 Å². The summed E-state index contributed by atoms with van der Waals surface area (Å²) in [6.45, 7) is 1.04. The van der Waals surface area contributed by atoms with Crippen LogP contribution in [0, 0.1) is 11.6 Å². The maximum absolute atomic E-state index is 14.5. The Bertz CT molecular complexity index is 1240. The first-order valence-corrected chi connectivity index (χ1v) is 9.66. The van der Waals surface area contributed by atoms with Crippen molar-refractivity contribution in [3.63, 3.8) is 0 Å². The molecule has 2 N–H and O–H groups in total. The number of benzene rings is 1. The molecule has 0 saturated carbocycles. The molecular weight excluding hydrogens is 426 g/mol. The van der Waals surface area contributed by atoms with Crippen LogP contribution < -0.4 is 10.6 Å². The quantitative estimate of drug-likeness (QED) is 0.397. The zero-order valence-corrected chi connectivity index (χ0v) is 17.1. The number of rotatable bonds is 7. The van der Waals surface area contributed by atoms with Gasteiger partial charge in [0.05, 0.1) is 29.4 Å². The van der Waals surface area contributed by atoms with Crippen molar-refractivity contribution < 1.29 is 13.5 Å². The van der Waals surface area contributed by atoms with Crippen LogP contribution in [0.4, 0.5) is 26.1 Å². The van der Waals surface area contributed by atoms with E-state index in [-0.39, 0.29) is 22.9 Å². The molecule has 0 amide bonds. The average Bonchev–Trinajstić information content (AvgIpc) is 2.77. The Hall–Kier alpha value is -3.43. The molecule has 10 heteroatoms. The zero-order chi connectivity index (χ0) is 21.8. The minimum atomic E-state index is -0.560. The van der Waals surface area contributed by atoms with Crippen molar-refractivity contribution in [2.75, 3.05) is 30.9 Å². The number of pyridine rings is 2. The number of methoxy groups -OCH3 is 1. The van der Waals surface area contributed by atoms with Crippen LogP contribution in [-0.2, 0) is 4.74 Å². The summed E-state index contributed by atoms with van der Waals surface area (Å²) in [6.07, 6.45) is 2.53. The van der Waals surface area contributed by atoms with E-state index in [0.717, 1.165) is 6.20 Å². The van der Waals surface area contributed by atoms with Gasteiger partial charge in [0.2, 0.25) is 0 Å². The number of hydrogen-bond acceptors (Lipinski definition) is 7. The Morgan fingerprint density at radius 3 is 2.71 bits per heavy atom. The summed E-state index contributed by atoms with van der Waals surface area (Å²) in [5, 5.41) is 6.90. The van der Waals surface area contributed by atoms with Crippen molar-refractivity contribution >= 4 is 40.0 Å². The maximum Gasteiger partial charge on any atom is 0.167 e. The molecule has 31 heavy (non-hydrogen) atoms. The van der Waals surface area contributed by atoms with Gasteiger partial charge in [-0.2, -0.15) is 0 Å². The lowest BCUT2D eigenvalue weighted by Crippen LogP contribution is -2.09. The molecule has 0 bridgehead atoms. The third kappa shape index (κ3) is 4.68. The van der Waals surface area contributed by atoms with E-state index in [0.29, 0.717) is 35.0 Å². The molecule has 0 fully saturated rings. The molecule has 7 nitrogen and oxygen atoms in total. The molecule has 0 atom stereocenters. The highest BCUT2D eigenvalue weighted by atomic mass is 35.5. The molecule has 0 radical (unpaired) electrons. The standard InChI is InChI=1S/C21H17ClF2N6O/c1-31-9-8-26-18-5-3-13-19(27-17-6-7-25-11-16(17)24)29-21(30-20(13)28-18)14-10-12(22)2-4-15(14)23/h2-7,10-11H,8-9H2,1H3,(H2,25,26,27,28,29,30). The van der Waals surface area contributed by atoms with E-state index < -0.39 is 11.6 Å². The first-order chi connectivity index (χ1) is 15.0. The van der Waals surface area contributed by atoms with Crippen molar-refractivity contribution in [1.29, 1.82) is 0 Å². The van der Waals surface area contributed by atoms with E-state index in [1.54, 1.807) is 19.2 Å². The van der Waals surface area contributed by atoms with E-state index in [1.165, 1.54) is 30.5 Å². The normalized spacial score (nSPS) is 11.0. The summed E-state index contributed by atoms with van der Waals surface area (Å²) < 4.78 is 33.7. The van der Waals surface area contributed by atoms with Gasteiger partial charge in [-0.05, 0) is 36.4 Å². The van der Waals surface area contributed by atoms with Crippen LogP contribution in [0.15, 0.2) is 48.8 Å². The minimum Gasteiger partial charge on any atom is -0.383 e. The molecule has 0 spiro atoms. The number of nitrogens with zero attached hydrogens (tertiary/aromatic N) is 4.